The normalized spacial score (nSPS) is 12.4. The topological polar surface area (TPSA) is 111 Å². The molecule has 90 valence electrons. The summed E-state index contributed by atoms with van der Waals surface area (Å²) in [7, 11) is 0. The maximum absolute atomic E-state index is 11.1. The highest BCUT2D eigenvalue weighted by Crippen LogP contribution is 2.01. The van der Waals surface area contributed by atoms with Crippen molar-refractivity contribution in [3.8, 4) is 0 Å². The molecule has 0 bridgehead atoms. The number of rotatable bonds is 7. The highest BCUT2D eigenvalue weighted by molar-refractivity contribution is 6.19. The summed E-state index contributed by atoms with van der Waals surface area (Å²) < 4.78 is 5.18. The van der Waals surface area contributed by atoms with E-state index in [0.29, 0.717) is 12.4 Å². The van der Waals surface area contributed by atoms with Gasteiger partial charge in [0.25, 0.3) is 0 Å². The summed E-state index contributed by atoms with van der Waals surface area (Å²) in [6.45, 7) is 3.66. The fourth-order valence-electron chi connectivity index (χ4n) is 0.896. The molecule has 0 amide bonds. The van der Waals surface area contributed by atoms with Gasteiger partial charge in [0.2, 0.25) is 0 Å². The Balaban J connectivity index is 4.44. The van der Waals surface area contributed by atoms with Crippen LogP contribution in [0.2, 0.25) is 0 Å². The molecule has 5 N–H and O–H groups in total. The van der Waals surface area contributed by atoms with Gasteiger partial charge in [-0.05, 0) is 26.0 Å². The Morgan fingerprint density at radius 2 is 1.94 bits per heavy atom. The molecule has 0 saturated heterocycles. The van der Waals surface area contributed by atoms with Crippen molar-refractivity contribution in [2.45, 2.75) is 13.8 Å². The third-order valence-electron chi connectivity index (χ3n) is 1.69. The second kappa shape index (κ2) is 7.61. The van der Waals surface area contributed by atoms with E-state index in [0.717, 1.165) is 0 Å². The van der Waals surface area contributed by atoms with Gasteiger partial charge >= 0.3 is 0 Å². The predicted molar refractivity (Wildman–Crippen MR) is 60.5 cm³/mol. The Hall–Kier alpha value is -1.66. The van der Waals surface area contributed by atoms with Gasteiger partial charge in [0, 0.05) is 0 Å². The summed E-state index contributed by atoms with van der Waals surface area (Å²) >= 11 is 0. The lowest BCUT2D eigenvalue weighted by Crippen LogP contribution is -2.17. The van der Waals surface area contributed by atoms with Crippen molar-refractivity contribution in [1.82, 2.24) is 0 Å². The number of ketones is 1. The van der Waals surface area contributed by atoms with Crippen LogP contribution in [-0.2, 0) is 14.4 Å². The van der Waals surface area contributed by atoms with Crippen molar-refractivity contribution >= 4 is 11.6 Å². The van der Waals surface area contributed by atoms with Crippen LogP contribution >= 0.6 is 0 Å². The molecule has 0 unspecified atom stereocenters. The van der Waals surface area contributed by atoms with E-state index in [2.05, 4.69) is 4.84 Å². The van der Waals surface area contributed by atoms with E-state index in [9.17, 15) is 4.79 Å². The molecule has 0 aromatic rings. The quantitative estimate of drug-likeness (QED) is 0.110. The van der Waals surface area contributed by atoms with Crippen molar-refractivity contribution in [3.63, 3.8) is 0 Å². The Labute approximate surface area is 94.4 Å². The third kappa shape index (κ3) is 5.94. The molecule has 0 spiro atoms. The van der Waals surface area contributed by atoms with Crippen LogP contribution in [0.3, 0.4) is 0 Å². The Morgan fingerprint density at radius 1 is 1.31 bits per heavy atom. The SMILES string of the molecule is CC(=O)/C(=C\C=C(/C)OCCON)C(=N)N. The van der Waals surface area contributed by atoms with Crippen molar-refractivity contribution in [1.29, 1.82) is 5.41 Å². The number of carbonyl (C=O) groups excluding carboxylic acids is 1. The van der Waals surface area contributed by atoms with E-state index in [-0.39, 0.29) is 23.8 Å². The summed E-state index contributed by atoms with van der Waals surface area (Å²) in [5.74, 6) is 4.87. The standard InChI is InChI=1S/C10H17N3O3/c1-7(15-5-6-16-13)3-4-9(8(2)14)10(11)12/h3-4H,5-6,13H2,1-2H3,(H3,11,12)/b7-3+,9-4+. The van der Waals surface area contributed by atoms with Gasteiger partial charge in [-0.25, -0.2) is 5.90 Å². The zero-order valence-corrected chi connectivity index (χ0v) is 9.45. The summed E-state index contributed by atoms with van der Waals surface area (Å²) in [6, 6.07) is 0. The van der Waals surface area contributed by atoms with Crippen LogP contribution in [-0.4, -0.2) is 24.8 Å². The van der Waals surface area contributed by atoms with Gasteiger partial charge < -0.3 is 15.3 Å². The Kier molecular flexibility index (Phi) is 6.82. The first-order chi connectivity index (χ1) is 7.49. The second-order valence-electron chi connectivity index (χ2n) is 3.05. The third-order valence-corrected chi connectivity index (χ3v) is 1.69. The molecule has 0 radical (unpaired) electrons. The first-order valence-corrected chi connectivity index (χ1v) is 4.67. The van der Waals surface area contributed by atoms with Crippen LogP contribution in [0.25, 0.3) is 0 Å². The minimum atomic E-state index is -0.262. The maximum Gasteiger partial charge on any atom is 0.163 e. The molecule has 0 fully saturated rings. The zero-order chi connectivity index (χ0) is 12.6. The van der Waals surface area contributed by atoms with Crippen LogP contribution in [0, 0.1) is 5.41 Å². The first kappa shape index (κ1) is 14.3. The van der Waals surface area contributed by atoms with Crippen LogP contribution < -0.4 is 11.6 Å². The van der Waals surface area contributed by atoms with Gasteiger partial charge in [-0.2, -0.15) is 0 Å². The Bertz CT molecular complexity index is 305. The van der Waals surface area contributed by atoms with Gasteiger partial charge in [-0.1, -0.05) is 0 Å². The number of allylic oxidation sites excluding steroid dienone is 3. The number of Topliss-reactive ketones (excluding diaryl/α,β-unsaturated/α-hetero) is 1. The van der Waals surface area contributed by atoms with E-state index in [1.54, 1.807) is 13.0 Å². The number of nitrogens with one attached hydrogen (secondary N) is 1. The van der Waals surface area contributed by atoms with Crippen molar-refractivity contribution < 1.29 is 14.4 Å². The molecule has 0 heterocycles. The lowest BCUT2D eigenvalue weighted by atomic mass is 10.1. The Morgan fingerprint density at radius 3 is 2.38 bits per heavy atom. The average molecular weight is 227 g/mol. The monoisotopic (exact) mass is 227 g/mol. The molecule has 0 atom stereocenters. The molecule has 0 aromatic heterocycles. The molecule has 0 rings (SSSR count). The fourth-order valence-corrected chi connectivity index (χ4v) is 0.896. The minimum Gasteiger partial charge on any atom is -0.496 e. The van der Waals surface area contributed by atoms with Gasteiger partial charge in [-0.3, -0.25) is 10.2 Å². The smallest absolute Gasteiger partial charge is 0.163 e. The van der Waals surface area contributed by atoms with Gasteiger partial charge in [0.05, 0.1) is 11.3 Å². The van der Waals surface area contributed by atoms with Crippen LogP contribution in [0.15, 0.2) is 23.5 Å². The second-order valence-corrected chi connectivity index (χ2v) is 3.05. The van der Waals surface area contributed by atoms with Crippen LogP contribution in [0.4, 0.5) is 0 Å². The van der Waals surface area contributed by atoms with E-state index in [1.807, 2.05) is 0 Å². The predicted octanol–water partition coefficient (Wildman–Crippen LogP) is 0.248. The van der Waals surface area contributed by atoms with Crippen molar-refractivity contribution in [2.75, 3.05) is 13.2 Å². The summed E-state index contributed by atoms with van der Waals surface area (Å²) in [4.78, 5) is 15.4. The molecule has 0 aromatic carbocycles. The molecule has 6 nitrogen and oxygen atoms in total. The molecule has 0 aliphatic carbocycles. The van der Waals surface area contributed by atoms with Gasteiger partial charge in [-0.15, -0.1) is 0 Å². The first-order valence-electron chi connectivity index (χ1n) is 4.67. The number of ether oxygens (including phenoxy) is 1. The maximum atomic E-state index is 11.1. The van der Waals surface area contributed by atoms with E-state index >= 15 is 0 Å². The average Bonchev–Trinajstić information content (AvgIpc) is 2.17. The minimum absolute atomic E-state index is 0.151. The lowest BCUT2D eigenvalue weighted by Gasteiger charge is -2.04. The number of hydrogen-bond acceptors (Lipinski definition) is 5. The van der Waals surface area contributed by atoms with E-state index in [4.69, 9.17) is 21.8 Å². The highest BCUT2D eigenvalue weighted by Gasteiger charge is 2.05. The van der Waals surface area contributed by atoms with Crippen LogP contribution in [0.5, 0.6) is 0 Å². The number of amidine groups is 1. The fraction of sp³-hybridized carbons (Fsp3) is 0.400. The largest absolute Gasteiger partial charge is 0.496 e. The number of nitrogens with two attached hydrogens (primary N) is 2. The highest BCUT2D eigenvalue weighted by atomic mass is 16.6. The molecule has 0 aliphatic rings. The molecule has 0 aliphatic heterocycles. The van der Waals surface area contributed by atoms with E-state index in [1.165, 1.54) is 13.0 Å². The lowest BCUT2D eigenvalue weighted by molar-refractivity contribution is -0.113. The molecule has 0 saturated carbocycles. The number of hydrogen-bond donors (Lipinski definition) is 3. The van der Waals surface area contributed by atoms with Gasteiger partial charge in [0.1, 0.15) is 19.0 Å². The van der Waals surface area contributed by atoms with Crippen LogP contribution in [0.1, 0.15) is 13.8 Å². The molecule has 16 heavy (non-hydrogen) atoms. The molecule has 6 heteroatoms. The number of carbonyl (C=O) groups is 1. The summed E-state index contributed by atoms with van der Waals surface area (Å²) in [5.41, 5.74) is 5.38. The van der Waals surface area contributed by atoms with E-state index < -0.39 is 0 Å². The molecular formula is C10H17N3O3. The van der Waals surface area contributed by atoms with Gasteiger partial charge in [0.15, 0.2) is 5.78 Å². The summed E-state index contributed by atoms with van der Waals surface area (Å²) in [6.07, 6.45) is 3.01. The van der Waals surface area contributed by atoms with Crippen molar-refractivity contribution in [3.05, 3.63) is 23.5 Å². The van der Waals surface area contributed by atoms with Crippen molar-refractivity contribution in [2.24, 2.45) is 11.6 Å². The summed E-state index contributed by atoms with van der Waals surface area (Å²) in [5, 5.41) is 7.18. The molecular weight excluding hydrogens is 210 g/mol. The zero-order valence-electron chi connectivity index (χ0n) is 9.45.